The van der Waals surface area contributed by atoms with Crippen LogP contribution in [-0.4, -0.2) is 23.8 Å². The van der Waals surface area contributed by atoms with E-state index >= 15 is 0 Å². The molecule has 1 saturated heterocycles. The van der Waals surface area contributed by atoms with Crippen molar-refractivity contribution < 1.29 is 19.4 Å². The van der Waals surface area contributed by atoms with Crippen molar-refractivity contribution in [3.8, 4) is 5.75 Å². The van der Waals surface area contributed by atoms with E-state index in [-0.39, 0.29) is 34.9 Å². The zero-order chi connectivity index (χ0) is 31.6. The first kappa shape index (κ1) is 32.0. The average molecular weight is 595 g/mol. The van der Waals surface area contributed by atoms with Gasteiger partial charge in [-0.05, 0) is 71.9 Å². The predicted octanol–water partition coefficient (Wildman–Crippen LogP) is 9.77. The molecule has 1 aliphatic carbocycles. The van der Waals surface area contributed by atoms with Crippen LogP contribution in [0.2, 0.25) is 0 Å². The van der Waals surface area contributed by atoms with Crippen LogP contribution in [-0.2, 0) is 20.4 Å². The molecule has 4 atom stereocenters. The number of ether oxygens (including phenoxy) is 2. The first-order valence-corrected chi connectivity index (χ1v) is 16.3. The summed E-state index contributed by atoms with van der Waals surface area (Å²) in [6.07, 6.45) is 5.55. The lowest BCUT2D eigenvalue weighted by Crippen LogP contribution is -2.40. The Balaban J connectivity index is 1.58. The molecule has 44 heavy (non-hydrogen) atoms. The van der Waals surface area contributed by atoms with Crippen molar-refractivity contribution in [3.05, 3.63) is 113 Å². The zero-order valence-electron chi connectivity index (χ0n) is 27.4. The van der Waals surface area contributed by atoms with Gasteiger partial charge < -0.3 is 14.6 Å². The molecule has 1 heterocycles. The van der Waals surface area contributed by atoms with Gasteiger partial charge in [0.2, 0.25) is 0 Å². The topological polar surface area (TPSA) is 55.8 Å². The third-order valence-corrected chi connectivity index (χ3v) is 10.2. The molecule has 3 aromatic rings. The van der Waals surface area contributed by atoms with Crippen LogP contribution < -0.4 is 4.74 Å². The predicted molar refractivity (Wildman–Crippen MR) is 179 cm³/mol. The molecule has 234 valence electrons. The van der Waals surface area contributed by atoms with Crippen LogP contribution in [0.4, 0.5) is 0 Å². The van der Waals surface area contributed by atoms with E-state index in [0.717, 1.165) is 23.1 Å². The SMILES string of the molecule is C=C(C)[C@@H]1C[C@@H](c2ccc(C(C)(C)C)cc2)[C@@H](C2CCCC2)O[C@H]1c1cc(C(C)(C)c2ccccc2)ccc1OCC(=O)O. The maximum Gasteiger partial charge on any atom is 0.341 e. The lowest BCUT2D eigenvalue weighted by Gasteiger charge is -2.45. The standard InChI is InChI=1S/C40H50O4/c1-26(2)32-24-33(27-17-19-29(20-18-27)39(3,4)5)37(28-13-11-12-14-28)44-38(32)34-23-31(21-22-35(34)43-25-36(41)42)40(6,7)30-15-9-8-10-16-30/h8-10,15-23,28,32-33,37-38H,1,11-14,24-25H2,2-7H3,(H,41,42)/t32-,33-,37+,38+/m0/s1. The van der Waals surface area contributed by atoms with Gasteiger partial charge in [-0.1, -0.05) is 120 Å². The Hall–Kier alpha value is -3.37. The van der Waals surface area contributed by atoms with E-state index in [1.165, 1.54) is 42.4 Å². The Morgan fingerprint density at radius 3 is 2.14 bits per heavy atom. The molecule has 0 amide bonds. The van der Waals surface area contributed by atoms with Gasteiger partial charge in [0.25, 0.3) is 0 Å². The van der Waals surface area contributed by atoms with Gasteiger partial charge in [0.15, 0.2) is 6.61 Å². The van der Waals surface area contributed by atoms with E-state index in [2.05, 4.69) is 109 Å². The third kappa shape index (κ3) is 6.81. The summed E-state index contributed by atoms with van der Waals surface area (Å²) >= 11 is 0. The van der Waals surface area contributed by atoms with Gasteiger partial charge >= 0.3 is 5.97 Å². The molecule has 0 unspecified atom stereocenters. The lowest BCUT2D eigenvalue weighted by molar-refractivity contribution is -0.139. The Morgan fingerprint density at radius 1 is 0.909 bits per heavy atom. The van der Waals surface area contributed by atoms with Crippen LogP contribution in [0.5, 0.6) is 5.75 Å². The zero-order valence-corrected chi connectivity index (χ0v) is 27.4. The molecule has 1 saturated carbocycles. The molecule has 0 bridgehead atoms. The second kappa shape index (κ2) is 12.9. The molecule has 4 nitrogen and oxygen atoms in total. The normalized spacial score (nSPS) is 23.0. The lowest BCUT2D eigenvalue weighted by atomic mass is 9.71. The molecule has 0 radical (unpaired) electrons. The van der Waals surface area contributed by atoms with E-state index in [0.29, 0.717) is 11.7 Å². The van der Waals surface area contributed by atoms with E-state index in [9.17, 15) is 9.90 Å². The van der Waals surface area contributed by atoms with Crippen LogP contribution in [0, 0.1) is 11.8 Å². The van der Waals surface area contributed by atoms with Crippen molar-refractivity contribution >= 4 is 5.97 Å². The third-order valence-electron chi connectivity index (χ3n) is 10.2. The first-order chi connectivity index (χ1) is 20.9. The molecule has 1 N–H and O–H groups in total. The molecule has 3 aromatic carbocycles. The van der Waals surface area contributed by atoms with Crippen LogP contribution in [0.3, 0.4) is 0 Å². The molecule has 5 rings (SSSR count). The quantitative estimate of drug-likeness (QED) is 0.251. The van der Waals surface area contributed by atoms with E-state index in [1.54, 1.807) is 0 Å². The van der Waals surface area contributed by atoms with Gasteiger partial charge in [-0.3, -0.25) is 0 Å². The maximum absolute atomic E-state index is 11.6. The molecular weight excluding hydrogens is 544 g/mol. The van der Waals surface area contributed by atoms with Crippen molar-refractivity contribution in [3.63, 3.8) is 0 Å². The van der Waals surface area contributed by atoms with Crippen molar-refractivity contribution in [1.29, 1.82) is 0 Å². The fourth-order valence-electron chi connectivity index (χ4n) is 7.37. The first-order valence-electron chi connectivity index (χ1n) is 16.3. The molecule has 2 fully saturated rings. The van der Waals surface area contributed by atoms with Gasteiger partial charge in [0.1, 0.15) is 5.75 Å². The van der Waals surface area contributed by atoms with Gasteiger partial charge in [-0.25, -0.2) is 4.79 Å². The van der Waals surface area contributed by atoms with Crippen molar-refractivity contribution in [2.24, 2.45) is 11.8 Å². The number of hydrogen-bond acceptors (Lipinski definition) is 3. The van der Waals surface area contributed by atoms with Crippen LogP contribution in [0.25, 0.3) is 0 Å². The minimum Gasteiger partial charge on any atom is -0.482 e. The Kier molecular flexibility index (Phi) is 9.41. The van der Waals surface area contributed by atoms with Crippen molar-refractivity contribution in [2.75, 3.05) is 6.61 Å². The summed E-state index contributed by atoms with van der Waals surface area (Å²) in [4.78, 5) is 11.6. The summed E-state index contributed by atoms with van der Waals surface area (Å²) in [5, 5.41) is 9.49. The summed E-state index contributed by atoms with van der Waals surface area (Å²) < 4.78 is 13.3. The number of aliphatic carboxylic acids is 1. The highest BCUT2D eigenvalue weighted by Crippen LogP contribution is 2.52. The Bertz CT molecular complexity index is 1440. The molecule has 4 heteroatoms. The van der Waals surface area contributed by atoms with Gasteiger partial charge in [-0.15, -0.1) is 0 Å². The summed E-state index contributed by atoms with van der Waals surface area (Å²) in [7, 11) is 0. The molecule has 2 aliphatic rings. The highest BCUT2D eigenvalue weighted by atomic mass is 16.5. The fraction of sp³-hybridized carbons (Fsp3) is 0.475. The number of hydrogen-bond donors (Lipinski definition) is 1. The minimum atomic E-state index is -0.992. The number of carboxylic acid groups (broad SMARTS) is 1. The van der Waals surface area contributed by atoms with Crippen molar-refractivity contribution in [1.82, 2.24) is 0 Å². The fourth-order valence-corrected chi connectivity index (χ4v) is 7.37. The van der Waals surface area contributed by atoms with Crippen LogP contribution >= 0.6 is 0 Å². The number of carbonyl (C=O) groups is 1. The minimum absolute atomic E-state index is 0.0576. The second-order valence-corrected chi connectivity index (χ2v) is 14.7. The monoisotopic (exact) mass is 594 g/mol. The van der Waals surface area contributed by atoms with Gasteiger partial charge in [0, 0.05) is 22.8 Å². The summed E-state index contributed by atoms with van der Waals surface area (Å²) in [6.45, 7) is 17.4. The highest BCUT2D eigenvalue weighted by Gasteiger charge is 2.44. The largest absolute Gasteiger partial charge is 0.482 e. The number of benzene rings is 3. The van der Waals surface area contributed by atoms with E-state index < -0.39 is 12.6 Å². The van der Waals surface area contributed by atoms with E-state index in [1.807, 2.05) is 12.1 Å². The van der Waals surface area contributed by atoms with Crippen LogP contribution in [0.1, 0.15) is 113 Å². The summed E-state index contributed by atoms with van der Waals surface area (Å²) in [6, 6.07) is 25.9. The Morgan fingerprint density at radius 2 is 1.55 bits per heavy atom. The molecule has 0 aromatic heterocycles. The second-order valence-electron chi connectivity index (χ2n) is 14.7. The molecule has 0 spiro atoms. The van der Waals surface area contributed by atoms with Crippen molar-refractivity contribution in [2.45, 2.75) is 103 Å². The average Bonchev–Trinajstić information content (AvgIpc) is 3.54. The molecule has 1 aliphatic heterocycles. The van der Waals surface area contributed by atoms with E-state index in [4.69, 9.17) is 9.47 Å². The molecular formula is C40H50O4. The summed E-state index contributed by atoms with van der Waals surface area (Å²) in [5.74, 6) is 0.394. The number of rotatable bonds is 9. The van der Waals surface area contributed by atoms with Gasteiger partial charge in [-0.2, -0.15) is 0 Å². The Labute approximate surface area is 264 Å². The number of carboxylic acids is 1. The van der Waals surface area contributed by atoms with Gasteiger partial charge in [0.05, 0.1) is 12.2 Å². The smallest absolute Gasteiger partial charge is 0.341 e. The maximum atomic E-state index is 11.6. The van der Waals surface area contributed by atoms with Crippen LogP contribution in [0.15, 0.2) is 84.9 Å². The summed E-state index contributed by atoms with van der Waals surface area (Å²) in [5.41, 5.74) is 6.86. The highest BCUT2D eigenvalue weighted by molar-refractivity contribution is 5.68.